The van der Waals surface area contributed by atoms with E-state index in [2.05, 4.69) is 5.32 Å². The van der Waals surface area contributed by atoms with Gasteiger partial charge in [-0.15, -0.1) is 0 Å². The van der Waals surface area contributed by atoms with E-state index in [4.69, 9.17) is 10.5 Å². The molecule has 0 saturated carbocycles. The van der Waals surface area contributed by atoms with E-state index < -0.39 is 5.97 Å². The maximum Gasteiger partial charge on any atom is 0.337 e. The molecule has 0 saturated heterocycles. The SMILES string of the molecule is CNc1c(C=N)cccc1C(=O)O. The van der Waals surface area contributed by atoms with E-state index in [1.165, 1.54) is 6.07 Å². The fourth-order valence-electron chi connectivity index (χ4n) is 1.15. The second kappa shape index (κ2) is 3.71. The molecule has 0 atom stereocenters. The predicted octanol–water partition coefficient (Wildman–Crippen LogP) is 1.42. The Morgan fingerprint density at radius 1 is 1.62 bits per heavy atom. The van der Waals surface area contributed by atoms with Crippen LogP contribution in [-0.4, -0.2) is 24.3 Å². The Morgan fingerprint density at radius 3 is 2.77 bits per heavy atom. The molecule has 0 radical (unpaired) electrons. The summed E-state index contributed by atoms with van der Waals surface area (Å²) in [6, 6.07) is 4.80. The lowest BCUT2D eigenvalue weighted by Crippen LogP contribution is -2.05. The van der Waals surface area contributed by atoms with Crippen LogP contribution in [-0.2, 0) is 0 Å². The first kappa shape index (κ1) is 9.25. The van der Waals surface area contributed by atoms with Gasteiger partial charge in [-0.25, -0.2) is 4.79 Å². The maximum atomic E-state index is 10.7. The van der Waals surface area contributed by atoms with Crippen molar-refractivity contribution < 1.29 is 9.90 Å². The van der Waals surface area contributed by atoms with E-state index in [1.54, 1.807) is 19.2 Å². The Balaban J connectivity index is 3.35. The molecular weight excluding hydrogens is 168 g/mol. The lowest BCUT2D eigenvalue weighted by molar-refractivity contribution is 0.0698. The van der Waals surface area contributed by atoms with E-state index in [9.17, 15) is 4.79 Å². The summed E-state index contributed by atoms with van der Waals surface area (Å²) in [7, 11) is 1.63. The highest BCUT2D eigenvalue weighted by molar-refractivity contribution is 6.00. The average Bonchev–Trinajstić information content (AvgIpc) is 2.16. The Morgan fingerprint density at radius 2 is 2.31 bits per heavy atom. The zero-order valence-corrected chi connectivity index (χ0v) is 7.16. The van der Waals surface area contributed by atoms with Gasteiger partial charge in [0.05, 0.1) is 11.3 Å². The molecule has 68 valence electrons. The van der Waals surface area contributed by atoms with Crippen LogP contribution in [0.15, 0.2) is 18.2 Å². The van der Waals surface area contributed by atoms with Crippen molar-refractivity contribution in [2.45, 2.75) is 0 Å². The maximum absolute atomic E-state index is 10.7. The Hall–Kier alpha value is -1.84. The van der Waals surface area contributed by atoms with Crippen molar-refractivity contribution in [3.05, 3.63) is 29.3 Å². The summed E-state index contributed by atoms with van der Waals surface area (Å²) >= 11 is 0. The average molecular weight is 178 g/mol. The highest BCUT2D eigenvalue weighted by Crippen LogP contribution is 2.18. The number of anilines is 1. The standard InChI is InChI=1S/C9H10N2O2/c1-11-8-6(5-10)3-2-4-7(8)9(12)13/h2-5,10-11H,1H3,(H,12,13). The van der Waals surface area contributed by atoms with Crippen molar-refractivity contribution in [1.29, 1.82) is 5.41 Å². The van der Waals surface area contributed by atoms with Gasteiger partial charge in [-0.3, -0.25) is 0 Å². The van der Waals surface area contributed by atoms with Crippen molar-refractivity contribution in [3.8, 4) is 0 Å². The topological polar surface area (TPSA) is 73.2 Å². The van der Waals surface area contributed by atoms with Gasteiger partial charge in [0.25, 0.3) is 0 Å². The van der Waals surface area contributed by atoms with Gasteiger partial charge in [0, 0.05) is 18.8 Å². The molecule has 0 aliphatic heterocycles. The second-order valence-electron chi connectivity index (χ2n) is 2.47. The normalized spacial score (nSPS) is 9.31. The van der Waals surface area contributed by atoms with E-state index in [1.807, 2.05) is 0 Å². The quantitative estimate of drug-likeness (QED) is 0.613. The third-order valence-corrected chi connectivity index (χ3v) is 1.73. The van der Waals surface area contributed by atoms with E-state index in [0.717, 1.165) is 6.21 Å². The molecule has 1 aromatic rings. The largest absolute Gasteiger partial charge is 0.478 e. The van der Waals surface area contributed by atoms with Gasteiger partial charge in [-0.05, 0) is 6.07 Å². The van der Waals surface area contributed by atoms with Crippen molar-refractivity contribution in [3.63, 3.8) is 0 Å². The van der Waals surface area contributed by atoms with E-state index in [-0.39, 0.29) is 5.56 Å². The molecular formula is C9H10N2O2. The van der Waals surface area contributed by atoms with Crippen LogP contribution in [0.2, 0.25) is 0 Å². The van der Waals surface area contributed by atoms with Gasteiger partial charge in [0.1, 0.15) is 0 Å². The molecule has 0 amide bonds. The monoisotopic (exact) mass is 178 g/mol. The molecule has 0 heterocycles. The lowest BCUT2D eigenvalue weighted by Gasteiger charge is -2.07. The molecule has 1 rings (SSSR count). The first-order valence-electron chi connectivity index (χ1n) is 3.75. The zero-order valence-electron chi connectivity index (χ0n) is 7.16. The van der Waals surface area contributed by atoms with Crippen LogP contribution in [0.5, 0.6) is 0 Å². The Kier molecular flexibility index (Phi) is 2.64. The van der Waals surface area contributed by atoms with Crippen LogP contribution < -0.4 is 5.32 Å². The van der Waals surface area contributed by atoms with E-state index in [0.29, 0.717) is 11.3 Å². The summed E-state index contributed by atoms with van der Waals surface area (Å²) in [5, 5.41) is 18.6. The highest BCUT2D eigenvalue weighted by atomic mass is 16.4. The molecule has 0 bridgehead atoms. The lowest BCUT2D eigenvalue weighted by atomic mass is 10.1. The summed E-state index contributed by atoms with van der Waals surface area (Å²) in [6.07, 6.45) is 1.12. The number of nitrogens with one attached hydrogen (secondary N) is 2. The molecule has 1 aromatic carbocycles. The highest BCUT2D eigenvalue weighted by Gasteiger charge is 2.10. The van der Waals surface area contributed by atoms with Crippen LogP contribution >= 0.6 is 0 Å². The van der Waals surface area contributed by atoms with Gasteiger partial charge in [-0.1, -0.05) is 12.1 Å². The number of carboxylic acid groups (broad SMARTS) is 1. The van der Waals surface area contributed by atoms with E-state index >= 15 is 0 Å². The Labute approximate surface area is 75.7 Å². The number of hydrogen-bond donors (Lipinski definition) is 3. The number of carbonyl (C=O) groups is 1. The molecule has 0 aliphatic rings. The fourth-order valence-corrected chi connectivity index (χ4v) is 1.15. The van der Waals surface area contributed by atoms with Crippen molar-refractivity contribution in [2.24, 2.45) is 0 Å². The molecule has 0 aromatic heterocycles. The Bertz CT molecular complexity index is 347. The molecule has 0 spiro atoms. The molecule has 0 fully saturated rings. The van der Waals surface area contributed by atoms with Gasteiger partial charge in [0.15, 0.2) is 0 Å². The van der Waals surface area contributed by atoms with Crippen molar-refractivity contribution in [2.75, 3.05) is 12.4 Å². The summed E-state index contributed by atoms with van der Waals surface area (Å²) < 4.78 is 0. The smallest absolute Gasteiger partial charge is 0.337 e. The van der Waals surface area contributed by atoms with Crippen LogP contribution in [0, 0.1) is 5.41 Å². The number of hydrogen-bond acceptors (Lipinski definition) is 3. The van der Waals surface area contributed by atoms with Crippen LogP contribution in [0.3, 0.4) is 0 Å². The van der Waals surface area contributed by atoms with Gasteiger partial charge >= 0.3 is 5.97 Å². The molecule has 13 heavy (non-hydrogen) atoms. The number of benzene rings is 1. The van der Waals surface area contributed by atoms with Crippen molar-refractivity contribution in [1.82, 2.24) is 0 Å². The number of aromatic carboxylic acids is 1. The second-order valence-corrected chi connectivity index (χ2v) is 2.47. The predicted molar refractivity (Wildman–Crippen MR) is 50.8 cm³/mol. The summed E-state index contributed by atoms with van der Waals surface area (Å²) in [4.78, 5) is 10.7. The third kappa shape index (κ3) is 1.66. The number of carboxylic acids is 1. The molecule has 3 N–H and O–H groups in total. The summed E-state index contributed by atoms with van der Waals surface area (Å²) in [5.74, 6) is -0.993. The molecule has 0 aliphatic carbocycles. The molecule has 4 heteroatoms. The minimum atomic E-state index is -0.993. The summed E-state index contributed by atoms with van der Waals surface area (Å²) in [5.41, 5.74) is 1.23. The van der Waals surface area contributed by atoms with Gasteiger partial charge < -0.3 is 15.8 Å². The fraction of sp³-hybridized carbons (Fsp3) is 0.111. The zero-order chi connectivity index (χ0) is 9.84. The van der Waals surface area contributed by atoms with Gasteiger partial charge in [-0.2, -0.15) is 0 Å². The van der Waals surface area contributed by atoms with Crippen molar-refractivity contribution >= 4 is 17.9 Å². The minimum Gasteiger partial charge on any atom is -0.478 e. The first-order chi connectivity index (χ1) is 6.20. The van der Waals surface area contributed by atoms with Gasteiger partial charge in [0.2, 0.25) is 0 Å². The molecule has 4 nitrogen and oxygen atoms in total. The number of para-hydroxylation sites is 1. The number of rotatable bonds is 3. The van der Waals surface area contributed by atoms with Crippen LogP contribution in [0.1, 0.15) is 15.9 Å². The molecule has 0 unspecified atom stereocenters. The first-order valence-corrected chi connectivity index (χ1v) is 3.75. The third-order valence-electron chi connectivity index (χ3n) is 1.73. The van der Waals surface area contributed by atoms with Crippen LogP contribution in [0.4, 0.5) is 5.69 Å². The van der Waals surface area contributed by atoms with Crippen LogP contribution in [0.25, 0.3) is 0 Å². The summed E-state index contributed by atoms with van der Waals surface area (Å²) in [6.45, 7) is 0. The minimum absolute atomic E-state index is 0.184.